The number of carboxylic acid groups (broad SMARTS) is 1. The van der Waals surface area contributed by atoms with Gasteiger partial charge in [0.25, 0.3) is 0 Å². The Balaban J connectivity index is 1.63. The van der Waals surface area contributed by atoms with Gasteiger partial charge in [-0.1, -0.05) is 6.92 Å². The maximum atomic E-state index is 15.0. The quantitative estimate of drug-likeness (QED) is 0.547. The number of carbonyl (C=O) groups is 1. The lowest BCUT2D eigenvalue weighted by Crippen LogP contribution is -2.51. The number of hydrogen-bond donors (Lipinski definition) is 1. The van der Waals surface area contributed by atoms with Crippen molar-refractivity contribution in [2.24, 2.45) is 11.8 Å². The molecular weight excluding hydrogens is 378 g/mol. The number of carboxylic acids is 1. The molecule has 1 aliphatic carbocycles. The molecule has 8 heteroatoms. The number of aliphatic carboxylic acids is 1. The number of fused-ring (bicyclic) bond motifs is 1. The number of hydrogen-bond acceptors (Lipinski definition) is 3. The highest BCUT2D eigenvalue weighted by Crippen LogP contribution is 2.38. The van der Waals surface area contributed by atoms with Crippen LogP contribution in [0.25, 0.3) is 5.83 Å². The maximum absolute atomic E-state index is 15.0. The molecule has 3 rings (SSSR count). The van der Waals surface area contributed by atoms with E-state index < -0.39 is 18.6 Å². The van der Waals surface area contributed by atoms with Crippen LogP contribution in [0.3, 0.4) is 0 Å². The van der Waals surface area contributed by atoms with Gasteiger partial charge in [0.05, 0.1) is 12.5 Å². The van der Waals surface area contributed by atoms with Gasteiger partial charge < -0.3 is 9.84 Å². The van der Waals surface area contributed by atoms with Crippen LogP contribution in [0.4, 0.5) is 17.6 Å². The summed E-state index contributed by atoms with van der Waals surface area (Å²) in [7, 11) is 0. The number of rotatable bonds is 7. The van der Waals surface area contributed by atoms with Gasteiger partial charge in [-0.05, 0) is 48.1 Å². The topological polar surface area (TPSA) is 49.8 Å². The van der Waals surface area contributed by atoms with Crippen LogP contribution in [0, 0.1) is 11.8 Å². The van der Waals surface area contributed by atoms with Crippen LogP contribution in [0.1, 0.15) is 30.9 Å². The summed E-state index contributed by atoms with van der Waals surface area (Å²) >= 11 is 0. The lowest BCUT2D eigenvalue weighted by atomic mass is 9.82. The molecule has 1 heterocycles. The van der Waals surface area contributed by atoms with Gasteiger partial charge in [-0.3, -0.25) is 9.69 Å². The molecule has 1 atom stereocenters. The fraction of sp³-hybridized carbons (Fsp3) is 0.550. The van der Waals surface area contributed by atoms with Gasteiger partial charge in [0.1, 0.15) is 11.6 Å². The molecule has 0 bridgehead atoms. The van der Waals surface area contributed by atoms with Crippen molar-refractivity contribution in [3.05, 3.63) is 34.9 Å². The van der Waals surface area contributed by atoms with Crippen molar-refractivity contribution in [3.8, 4) is 5.75 Å². The first-order valence-corrected chi connectivity index (χ1v) is 9.30. The Labute approximate surface area is 160 Å². The van der Waals surface area contributed by atoms with Crippen LogP contribution in [-0.4, -0.2) is 48.4 Å². The molecule has 0 amide bonds. The number of benzene rings is 1. The highest BCUT2D eigenvalue weighted by molar-refractivity contribution is 5.72. The van der Waals surface area contributed by atoms with Crippen molar-refractivity contribution in [2.45, 2.75) is 32.4 Å². The van der Waals surface area contributed by atoms with Crippen LogP contribution >= 0.6 is 0 Å². The number of halogens is 4. The molecule has 0 saturated carbocycles. The number of likely N-dealkylation sites (tertiary alicyclic amines) is 1. The number of ether oxygens (including phenoxy) is 1. The first-order chi connectivity index (χ1) is 13.1. The number of nitrogens with zero attached hydrogens (tertiary/aromatic N) is 1. The standard InChI is InChI=1S/C20H23F4NO3/c1-12-7-13-8-15(28-6-2-5-20(22,23)24)3-4-16(13)18(21)17(12)11-25-9-14(10-25)19(26)27/h3-4,8,12,14H,2,5-7,9-11H2,1H3,(H,26,27). The second-order valence-electron chi connectivity index (χ2n) is 7.56. The van der Waals surface area contributed by atoms with Gasteiger partial charge in [0, 0.05) is 31.6 Å². The summed E-state index contributed by atoms with van der Waals surface area (Å²) in [6.45, 7) is 3.14. The second kappa shape index (κ2) is 8.11. The molecule has 1 unspecified atom stereocenters. The molecule has 1 N–H and O–H groups in total. The van der Waals surface area contributed by atoms with E-state index >= 15 is 4.39 Å². The second-order valence-corrected chi connectivity index (χ2v) is 7.56. The average Bonchev–Trinajstić information content (AvgIpc) is 2.55. The Hall–Kier alpha value is -2.09. The molecule has 1 aromatic carbocycles. The molecule has 1 fully saturated rings. The van der Waals surface area contributed by atoms with Crippen molar-refractivity contribution in [2.75, 3.05) is 26.2 Å². The zero-order valence-electron chi connectivity index (χ0n) is 15.6. The summed E-state index contributed by atoms with van der Waals surface area (Å²) in [4.78, 5) is 12.8. The summed E-state index contributed by atoms with van der Waals surface area (Å²) < 4.78 is 56.9. The minimum atomic E-state index is -4.19. The van der Waals surface area contributed by atoms with E-state index in [1.54, 1.807) is 18.2 Å². The van der Waals surface area contributed by atoms with E-state index in [2.05, 4.69) is 0 Å². The highest BCUT2D eigenvalue weighted by atomic mass is 19.4. The van der Waals surface area contributed by atoms with Gasteiger partial charge in [0.2, 0.25) is 0 Å². The average molecular weight is 401 g/mol. The minimum absolute atomic E-state index is 0.0445. The SMILES string of the molecule is CC1Cc2cc(OCCCC(F)(F)F)ccc2C(F)=C1CN1CC(C(=O)O)C1. The Morgan fingerprint density at radius 2 is 2.04 bits per heavy atom. The Bertz CT molecular complexity index is 769. The third kappa shape index (κ3) is 4.84. The lowest BCUT2D eigenvalue weighted by Gasteiger charge is -2.39. The van der Waals surface area contributed by atoms with E-state index in [1.165, 1.54) is 0 Å². The molecule has 0 spiro atoms. The number of alkyl halides is 3. The van der Waals surface area contributed by atoms with Gasteiger partial charge in [-0.25, -0.2) is 4.39 Å². The molecule has 1 aliphatic heterocycles. The first-order valence-electron chi connectivity index (χ1n) is 9.30. The maximum Gasteiger partial charge on any atom is 0.389 e. The smallest absolute Gasteiger partial charge is 0.389 e. The highest BCUT2D eigenvalue weighted by Gasteiger charge is 2.35. The molecule has 154 valence electrons. The molecular formula is C20H23F4NO3. The van der Waals surface area contributed by atoms with Gasteiger partial charge >= 0.3 is 12.1 Å². The summed E-state index contributed by atoms with van der Waals surface area (Å²) in [6.07, 6.45) is -4.61. The third-order valence-corrected chi connectivity index (χ3v) is 5.29. The molecule has 28 heavy (non-hydrogen) atoms. The lowest BCUT2D eigenvalue weighted by molar-refractivity contribution is -0.147. The Morgan fingerprint density at radius 1 is 1.32 bits per heavy atom. The van der Waals surface area contributed by atoms with E-state index in [9.17, 15) is 18.0 Å². The van der Waals surface area contributed by atoms with Gasteiger partial charge in [0.15, 0.2) is 0 Å². The van der Waals surface area contributed by atoms with E-state index in [0.717, 1.165) is 5.56 Å². The van der Waals surface area contributed by atoms with Crippen LogP contribution in [0.2, 0.25) is 0 Å². The predicted octanol–water partition coefficient (Wildman–Crippen LogP) is 4.30. The molecule has 1 saturated heterocycles. The summed E-state index contributed by atoms with van der Waals surface area (Å²) in [6, 6.07) is 4.87. The van der Waals surface area contributed by atoms with Crippen molar-refractivity contribution >= 4 is 11.8 Å². The van der Waals surface area contributed by atoms with E-state index in [1.807, 2.05) is 11.8 Å². The summed E-state index contributed by atoms with van der Waals surface area (Å²) in [5, 5.41) is 8.95. The van der Waals surface area contributed by atoms with E-state index in [-0.39, 0.29) is 30.7 Å². The summed E-state index contributed by atoms with van der Waals surface area (Å²) in [5.74, 6) is -1.10. The van der Waals surface area contributed by atoms with Crippen molar-refractivity contribution in [1.29, 1.82) is 0 Å². The molecule has 2 aliphatic rings. The molecule has 4 nitrogen and oxygen atoms in total. The van der Waals surface area contributed by atoms with Crippen LogP contribution in [0.15, 0.2) is 23.8 Å². The predicted molar refractivity (Wildman–Crippen MR) is 95.7 cm³/mol. The fourth-order valence-corrected chi connectivity index (χ4v) is 3.67. The summed E-state index contributed by atoms with van der Waals surface area (Å²) in [5.41, 5.74) is 1.91. The van der Waals surface area contributed by atoms with Crippen LogP contribution < -0.4 is 4.74 Å². The first kappa shape index (κ1) is 20.6. The monoisotopic (exact) mass is 401 g/mol. The zero-order chi connectivity index (χ0) is 20.5. The third-order valence-electron chi connectivity index (χ3n) is 5.29. The zero-order valence-corrected chi connectivity index (χ0v) is 15.6. The Morgan fingerprint density at radius 3 is 2.68 bits per heavy atom. The minimum Gasteiger partial charge on any atom is -0.494 e. The molecule has 1 aromatic rings. The largest absolute Gasteiger partial charge is 0.494 e. The van der Waals surface area contributed by atoms with Gasteiger partial charge in [-0.2, -0.15) is 13.2 Å². The normalized spacial score (nSPS) is 20.7. The van der Waals surface area contributed by atoms with Crippen molar-refractivity contribution in [1.82, 2.24) is 4.90 Å². The van der Waals surface area contributed by atoms with E-state index in [4.69, 9.17) is 9.84 Å². The van der Waals surface area contributed by atoms with Crippen molar-refractivity contribution < 1.29 is 32.2 Å². The van der Waals surface area contributed by atoms with Crippen molar-refractivity contribution in [3.63, 3.8) is 0 Å². The fourth-order valence-electron chi connectivity index (χ4n) is 3.67. The molecule has 0 aromatic heterocycles. The van der Waals surface area contributed by atoms with E-state index in [0.29, 0.717) is 42.9 Å². The van der Waals surface area contributed by atoms with Crippen LogP contribution in [0.5, 0.6) is 5.75 Å². The Kier molecular flexibility index (Phi) is 5.98. The van der Waals surface area contributed by atoms with Crippen LogP contribution in [-0.2, 0) is 11.2 Å². The van der Waals surface area contributed by atoms with Gasteiger partial charge in [-0.15, -0.1) is 0 Å². The molecule has 0 radical (unpaired) electrons.